The van der Waals surface area contributed by atoms with Crippen molar-refractivity contribution in [3.63, 3.8) is 0 Å². The Balaban J connectivity index is 2.21. The second-order valence-electron chi connectivity index (χ2n) is 4.41. The van der Waals surface area contributed by atoms with Crippen molar-refractivity contribution in [3.8, 4) is 12.1 Å². The summed E-state index contributed by atoms with van der Waals surface area (Å²) in [7, 11) is 0. The molecule has 1 N–H and O–H groups in total. The van der Waals surface area contributed by atoms with Gasteiger partial charge in [-0.2, -0.15) is 10.5 Å². The van der Waals surface area contributed by atoms with Crippen molar-refractivity contribution < 1.29 is 0 Å². The number of benzene rings is 2. The zero-order chi connectivity index (χ0) is 14.5. The third-order valence-corrected chi connectivity index (χ3v) is 3.30. The SMILES string of the molecule is CC(Nc1ccc(C#N)cc1Cl)c1cccc(C#N)c1. The molecule has 2 aromatic carbocycles. The Morgan fingerprint density at radius 2 is 1.75 bits per heavy atom. The van der Waals surface area contributed by atoms with Gasteiger partial charge in [0.1, 0.15) is 0 Å². The first-order valence-corrected chi connectivity index (χ1v) is 6.48. The normalized spacial score (nSPS) is 11.2. The van der Waals surface area contributed by atoms with E-state index in [4.69, 9.17) is 22.1 Å². The molecular formula is C16H12ClN3. The van der Waals surface area contributed by atoms with Crippen molar-refractivity contribution in [3.05, 3.63) is 64.2 Å². The van der Waals surface area contributed by atoms with Crippen molar-refractivity contribution in [1.29, 1.82) is 10.5 Å². The molecule has 98 valence electrons. The number of anilines is 1. The van der Waals surface area contributed by atoms with Crippen LogP contribution >= 0.6 is 11.6 Å². The maximum atomic E-state index is 8.91. The average molecular weight is 282 g/mol. The Bertz CT molecular complexity index is 710. The van der Waals surface area contributed by atoms with Crippen molar-refractivity contribution >= 4 is 17.3 Å². The summed E-state index contributed by atoms with van der Waals surface area (Å²) in [6.07, 6.45) is 0. The highest BCUT2D eigenvalue weighted by molar-refractivity contribution is 6.33. The van der Waals surface area contributed by atoms with Crippen LogP contribution < -0.4 is 5.32 Å². The average Bonchev–Trinajstić information content (AvgIpc) is 2.49. The number of nitrogens with zero attached hydrogens (tertiary/aromatic N) is 2. The van der Waals surface area contributed by atoms with Gasteiger partial charge in [0.25, 0.3) is 0 Å². The lowest BCUT2D eigenvalue weighted by atomic mass is 10.1. The van der Waals surface area contributed by atoms with Gasteiger partial charge in [-0.3, -0.25) is 0 Å². The number of rotatable bonds is 3. The van der Waals surface area contributed by atoms with E-state index in [9.17, 15) is 0 Å². The molecular weight excluding hydrogens is 270 g/mol. The molecule has 0 saturated carbocycles. The Hall–Kier alpha value is -2.49. The fourth-order valence-electron chi connectivity index (χ4n) is 1.90. The molecule has 1 unspecified atom stereocenters. The van der Waals surface area contributed by atoms with Gasteiger partial charge in [-0.25, -0.2) is 0 Å². The molecule has 2 aromatic rings. The van der Waals surface area contributed by atoms with Crippen molar-refractivity contribution in [1.82, 2.24) is 0 Å². The van der Waals surface area contributed by atoms with Gasteiger partial charge in [-0.15, -0.1) is 0 Å². The predicted molar refractivity (Wildman–Crippen MR) is 79.4 cm³/mol. The van der Waals surface area contributed by atoms with Gasteiger partial charge in [0.15, 0.2) is 0 Å². The highest BCUT2D eigenvalue weighted by atomic mass is 35.5. The van der Waals surface area contributed by atoms with E-state index < -0.39 is 0 Å². The van der Waals surface area contributed by atoms with E-state index in [0.29, 0.717) is 16.1 Å². The zero-order valence-electron chi connectivity index (χ0n) is 10.9. The Morgan fingerprint density at radius 1 is 1.05 bits per heavy atom. The molecule has 0 fully saturated rings. The van der Waals surface area contributed by atoms with Crippen LogP contribution in [0.2, 0.25) is 5.02 Å². The summed E-state index contributed by atoms with van der Waals surface area (Å²) in [5.74, 6) is 0. The quantitative estimate of drug-likeness (QED) is 0.914. The molecule has 0 heterocycles. The van der Waals surface area contributed by atoms with Crippen LogP contribution in [0.25, 0.3) is 0 Å². The number of nitriles is 2. The Kier molecular flexibility index (Phi) is 4.25. The van der Waals surface area contributed by atoms with Crippen molar-refractivity contribution in [2.45, 2.75) is 13.0 Å². The van der Waals surface area contributed by atoms with E-state index >= 15 is 0 Å². The lowest BCUT2D eigenvalue weighted by molar-refractivity contribution is 0.884. The first kappa shape index (κ1) is 13.9. The van der Waals surface area contributed by atoms with E-state index in [2.05, 4.69) is 11.4 Å². The van der Waals surface area contributed by atoms with Gasteiger partial charge in [-0.05, 0) is 42.8 Å². The van der Waals surface area contributed by atoms with Crippen molar-refractivity contribution in [2.75, 3.05) is 5.32 Å². The summed E-state index contributed by atoms with van der Waals surface area (Å²) in [5, 5.41) is 21.5. The summed E-state index contributed by atoms with van der Waals surface area (Å²) in [6.45, 7) is 1.99. The second kappa shape index (κ2) is 6.10. The topological polar surface area (TPSA) is 59.6 Å². The van der Waals surface area contributed by atoms with E-state index in [1.807, 2.05) is 31.2 Å². The number of hydrogen-bond donors (Lipinski definition) is 1. The third-order valence-electron chi connectivity index (χ3n) is 2.99. The molecule has 0 aromatic heterocycles. The second-order valence-corrected chi connectivity index (χ2v) is 4.82. The van der Waals surface area contributed by atoms with Gasteiger partial charge in [-0.1, -0.05) is 23.7 Å². The van der Waals surface area contributed by atoms with Crippen molar-refractivity contribution in [2.24, 2.45) is 0 Å². The lowest BCUT2D eigenvalue weighted by Crippen LogP contribution is -2.07. The van der Waals surface area contributed by atoms with Crippen LogP contribution in [0.5, 0.6) is 0 Å². The minimum Gasteiger partial charge on any atom is -0.377 e. The molecule has 4 heteroatoms. The fraction of sp³-hybridized carbons (Fsp3) is 0.125. The number of hydrogen-bond acceptors (Lipinski definition) is 3. The van der Waals surface area contributed by atoms with Gasteiger partial charge in [0.2, 0.25) is 0 Å². The van der Waals surface area contributed by atoms with Crippen LogP contribution in [0, 0.1) is 22.7 Å². The van der Waals surface area contributed by atoms with Crippen LogP contribution in [-0.2, 0) is 0 Å². The predicted octanol–water partition coefficient (Wildman–Crippen LogP) is 4.26. The molecule has 20 heavy (non-hydrogen) atoms. The zero-order valence-corrected chi connectivity index (χ0v) is 11.6. The van der Waals surface area contributed by atoms with Gasteiger partial charge in [0.05, 0.1) is 34.0 Å². The summed E-state index contributed by atoms with van der Waals surface area (Å²) in [5.41, 5.74) is 2.92. The van der Waals surface area contributed by atoms with E-state index in [-0.39, 0.29) is 6.04 Å². The summed E-state index contributed by atoms with van der Waals surface area (Å²) >= 11 is 6.13. The molecule has 2 rings (SSSR count). The van der Waals surface area contributed by atoms with Crippen LogP contribution in [0.1, 0.15) is 29.7 Å². The molecule has 0 aliphatic rings. The molecule has 1 atom stereocenters. The fourth-order valence-corrected chi connectivity index (χ4v) is 2.13. The molecule has 0 amide bonds. The van der Waals surface area contributed by atoms with Crippen LogP contribution in [0.4, 0.5) is 5.69 Å². The molecule has 3 nitrogen and oxygen atoms in total. The monoisotopic (exact) mass is 281 g/mol. The smallest absolute Gasteiger partial charge is 0.0992 e. The Morgan fingerprint density at radius 3 is 2.40 bits per heavy atom. The minimum atomic E-state index is 0.00809. The lowest BCUT2D eigenvalue weighted by Gasteiger charge is -2.17. The van der Waals surface area contributed by atoms with Crippen LogP contribution in [-0.4, -0.2) is 0 Å². The maximum Gasteiger partial charge on any atom is 0.0992 e. The number of halogens is 1. The van der Waals surface area contributed by atoms with E-state index in [1.165, 1.54) is 0 Å². The van der Waals surface area contributed by atoms with Gasteiger partial charge < -0.3 is 5.32 Å². The largest absolute Gasteiger partial charge is 0.377 e. The van der Waals surface area contributed by atoms with E-state index in [1.54, 1.807) is 24.3 Å². The standard InChI is InChI=1S/C16H12ClN3/c1-11(14-4-2-3-12(7-14)9-18)20-16-6-5-13(10-19)8-15(16)17/h2-8,11,20H,1H3. The summed E-state index contributed by atoms with van der Waals surface area (Å²) in [4.78, 5) is 0. The van der Waals surface area contributed by atoms with Gasteiger partial charge in [0, 0.05) is 6.04 Å². The molecule has 0 bridgehead atoms. The Labute approximate surface area is 123 Å². The van der Waals surface area contributed by atoms with E-state index in [0.717, 1.165) is 11.3 Å². The molecule has 0 aliphatic carbocycles. The summed E-state index contributed by atoms with van der Waals surface area (Å²) < 4.78 is 0. The molecule has 0 radical (unpaired) electrons. The van der Waals surface area contributed by atoms with Gasteiger partial charge >= 0.3 is 0 Å². The minimum absolute atomic E-state index is 0.00809. The first-order chi connectivity index (χ1) is 9.63. The summed E-state index contributed by atoms with van der Waals surface area (Å²) in [6, 6.07) is 16.7. The third kappa shape index (κ3) is 3.09. The maximum absolute atomic E-state index is 8.91. The molecule has 0 spiro atoms. The van der Waals surface area contributed by atoms with Crippen LogP contribution in [0.15, 0.2) is 42.5 Å². The molecule has 0 saturated heterocycles. The highest BCUT2D eigenvalue weighted by Crippen LogP contribution is 2.27. The number of nitrogens with one attached hydrogen (secondary N) is 1. The van der Waals surface area contributed by atoms with Crippen LogP contribution in [0.3, 0.4) is 0 Å². The first-order valence-electron chi connectivity index (χ1n) is 6.10. The highest BCUT2D eigenvalue weighted by Gasteiger charge is 2.09. The molecule has 0 aliphatic heterocycles.